The van der Waals surface area contributed by atoms with E-state index in [9.17, 15) is 13.2 Å². The molecule has 0 unspecified atom stereocenters. The number of ether oxygens (including phenoxy) is 1. The molecule has 0 spiro atoms. The second-order valence-corrected chi connectivity index (χ2v) is 7.87. The lowest BCUT2D eigenvalue weighted by molar-refractivity contribution is -0.274. The molecule has 166 valence electrons. The van der Waals surface area contributed by atoms with Crippen LogP contribution in [0.25, 0.3) is 22.3 Å². The number of hydrogen-bond donors (Lipinski definition) is 1. The quantitative estimate of drug-likeness (QED) is 0.456. The number of hydrogen-bond acceptors (Lipinski definition) is 5. The molecule has 1 N–H and O–H groups in total. The van der Waals surface area contributed by atoms with Crippen LogP contribution >= 0.6 is 0 Å². The van der Waals surface area contributed by atoms with Gasteiger partial charge in [-0.05, 0) is 43.5 Å². The largest absolute Gasteiger partial charge is 0.573 e. The highest BCUT2D eigenvalue weighted by Crippen LogP contribution is 2.35. The van der Waals surface area contributed by atoms with Crippen LogP contribution in [-0.4, -0.2) is 32.7 Å². The summed E-state index contributed by atoms with van der Waals surface area (Å²) in [4.78, 5) is 9.18. The second-order valence-electron chi connectivity index (χ2n) is 7.87. The number of aromatic nitrogens is 4. The zero-order valence-corrected chi connectivity index (χ0v) is 17.5. The molecule has 0 atom stereocenters. The van der Waals surface area contributed by atoms with Crippen LogP contribution in [0.3, 0.4) is 0 Å². The maximum absolute atomic E-state index is 12.5. The number of benzene rings is 1. The van der Waals surface area contributed by atoms with Crippen LogP contribution in [0.2, 0.25) is 0 Å². The lowest BCUT2D eigenvalue weighted by atomic mass is 9.96. The number of anilines is 1. The van der Waals surface area contributed by atoms with E-state index < -0.39 is 6.36 Å². The number of nitrogens with one attached hydrogen (secondary N) is 1. The molecule has 9 heteroatoms. The smallest absolute Gasteiger partial charge is 0.406 e. The first-order valence-corrected chi connectivity index (χ1v) is 10.8. The summed E-state index contributed by atoms with van der Waals surface area (Å²) in [7, 11) is 0. The van der Waals surface area contributed by atoms with Crippen molar-refractivity contribution in [1.29, 1.82) is 0 Å². The van der Waals surface area contributed by atoms with Gasteiger partial charge in [0.25, 0.3) is 0 Å². The van der Waals surface area contributed by atoms with Crippen LogP contribution in [0, 0.1) is 0 Å². The Morgan fingerprint density at radius 1 is 1.13 bits per heavy atom. The van der Waals surface area contributed by atoms with Crippen LogP contribution in [0.4, 0.5) is 19.1 Å². The van der Waals surface area contributed by atoms with Crippen LogP contribution in [0.1, 0.15) is 57.9 Å². The third kappa shape index (κ3) is 5.08. The molecule has 2 aromatic heterocycles. The summed E-state index contributed by atoms with van der Waals surface area (Å²) >= 11 is 0. The van der Waals surface area contributed by atoms with Gasteiger partial charge in [-0.15, -0.1) is 13.2 Å². The average Bonchev–Trinajstić information content (AvgIpc) is 3.13. The van der Waals surface area contributed by atoms with E-state index in [4.69, 9.17) is 10.1 Å². The van der Waals surface area contributed by atoms with Crippen molar-refractivity contribution < 1.29 is 17.9 Å². The molecular weight excluding hydrogens is 407 g/mol. The number of rotatable bonds is 7. The minimum absolute atomic E-state index is 0.258. The Balaban J connectivity index is 1.71. The van der Waals surface area contributed by atoms with Crippen molar-refractivity contribution >= 4 is 17.0 Å². The van der Waals surface area contributed by atoms with Crippen LogP contribution in [-0.2, 0) is 0 Å². The molecule has 1 aromatic carbocycles. The molecule has 0 saturated heterocycles. The first-order valence-electron chi connectivity index (χ1n) is 10.8. The molecular formula is C22H26F3N5O. The maximum atomic E-state index is 12.5. The molecule has 1 saturated carbocycles. The third-order valence-corrected chi connectivity index (χ3v) is 5.54. The van der Waals surface area contributed by atoms with E-state index in [1.807, 2.05) is 4.68 Å². The van der Waals surface area contributed by atoms with Crippen molar-refractivity contribution in [2.24, 2.45) is 0 Å². The summed E-state index contributed by atoms with van der Waals surface area (Å²) in [6.07, 6.45) is 4.74. The van der Waals surface area contributed by atoms with E-state index in [1.165, 1.54) is 18.6 Å². The van der Waals surface area contributed by atoms with Gasteiger partial charge in [0.2, 0.25) is 5.95 Å². The zero-order chi connectivity index (χ0) is 21.8. The van der Waals surface area contributed by atoms with Crippen molar-refractivity contribution in [2.75, 3.05) is 11.9 Å². The van der Waals surface area contributed by atoms with E-state index in [2.05, 4.69) is 22.0 Å². The number of nitrogens with zero attached hydrogens (tertiary/aromatic N) is 4. The molecule has 1 aliphatic carbocycles. The fourth-order valence-corrected chi connectivity index (χ4v) is 3.99. The Morgan fingerprint density at radius 3 is 2.55 bits per heavy atom. The monoisotopic (exact) mass is 433 g/mol. The van der Waals surface area contributed by atoms with E-state index in [0.717, 1.165) is 56.1 Å². The Hall–Kier alpha value is -2.84. The molecule has 1 fully saturated rings. The summed E-state index contributed by atoms with van der Waals surface area (Å²) in [6, 6.07) is 6.03. The summed E-state index contributed by atoms with van der Waals surface area (Å²) in [5.74, 6) is 0.310. The Morgan fingerprint density at radius 2 is 1.87 bits per heavy atom. The lowest BCUT2D eigenvalue weighted by Gasteiger charge is -2.22. The predicted octanol–water partition coefficient (Wildman–Crippen LogP) is 6.11. The van der Waals surface area contributed by atoms with Gasteiger partial charge in [0.1, 0.15) is 11.4 Å². The molecule has 0 aliphatic heterocycles. The van der Waals surface area contributed by atoms with Crippen LogP contribution in [0.5, 0.6) is 5.75 Å². The molecule has 2 heterocycles. The highest BCUT2D eigenvalue weighted by atomic mass is 19.4. The summed E-state index contributed by atoms with van der Waals surface area (Å²) in [6.45, 7) is 2.92. The number of unbranched alkanes of at least 4 members (excludes halogenated alkanes) is 1. The third-order valence-electron chi connectivity index (χ3n) is 5.54. The van der Waals surface area contributed by atoms with Crippen molar-refractivity contribution in [3.8, 4) is 17.0 Å². The van der Waals surface area contributed by atoms with Gasteiger partial charge in [-0.2, -0.15) is 10.1 Å². The minimum atomic E-state index is -4.72. The zero-order valence-electron chi connectivity index (χ0n) is 17.5. The Bertz CT molecular complexity index is 1010. The topological polar surface area (TPSA) is 64.9 Å². The Labute approximate surface area is 178 Å². The number of fused-ring (bicyclic) bond motifs is 1. The average molecular weight is 433 g/mol. The maximum Gasteiger partial charge on any atom is 0.573 e. The normalized spacial score (nSPS) is 15.4. The van der Waals surface area contributed by atoms with Gasteiger partial charge in [-0.25, -0.2) is 9.67 Å². The van der Waals surface area contributed by atoms with Gasteiger partial charge >= 0.3 is 6.36 Å². The predicted molar refractivity (Wildman–Crippen MR) is 113 cm³/mol. The SMILES string of the molecule is CCCCNc1ncc2c(-c3ccc(OC(F)(F)F)cc3)nn(C3CCCCC3)c2n1. The molecule has 0 radical (unpaired) electrons. The fraction of sp³-hybridized carbons (Fsp3) is 0.500. The van der Waals surface area contributed by atoms with Crippen molar-refractivity contribution in [1.82, 2.24) is 19.7 Å². The van der Waals surface area contributed by atoms with Crippen molar-refractivity contribution in [3.05, 3.63) is 30.5 Å². The molecule has 0 amide bonds. The molecule has 0 bridgehead atoms. The molecule has 3 aromatic rings. The second kappa shape index (κ2) is 9.11. The summed E-state index contributed by atoms with van der Waals surface area (Å²) in [5, 5.41) is 8.90. The van der Waals surface area contributed by atoms with Crippen LogP contribution in [0.15, 0.2) is 30.5 Å². The first-order chi connectivity index (χ1) is 14.9. The van der Waals surface area contributed by atoms with E-state index in [1.54, 1.807) is 18.3 Å². The summed E-state index contributed by atoms with van der Waals surface area (Å²) in [5.41, 5.74) is 2.12. The van der Waals surface area contributed by atoms with Gasteiger partial charge in [0, 0.05) is 18.3 Å². The standard InChI is InChI=1S/C22H26F3N5O/c1-2-3-13-26-21-27-14-18-19(15-9-11-17(12-10-15)31-22(23,24)25)29-30(20(18)28-21)16-7-5-4-6-8-16/h9-12,14,16H,2-8,13H2,1H3,(H,26,27,28). The molecule has 4 rings (SSSR count). The van der Waals surface area contributed by atoms with Gasteiger partial charge in [0.05, 0.1) is 11.4 Å². The number of alkyl halides is 3. The highest BCUT2D eigenvalue weighted by molar-refractivity contribution is 5.91. The van der Waals surface area contributed by atoms with E-state index in [-0.39, 0.29) is 11.8 Å². The van der Waals surface area contributed by atoms with Crippen LogP contribution < -0.4 is 10.1 Å². The minimum Gasteiger partial charge on any atom is -0.406 e. The van der Waals surface area contributed by atoms with Gasteiger partial charge in [0.15, 0.2) is 5.65 Å². The molecule has 1 aliphatic rings. The molecule has 6 nitrogen and oxygen atoms in total. The van der Waals surface area contributed by atoms with Gasteiger partial charge in [-0.3, -0.25) is 0 Å². The van der Waals surface area contributed by atoms with E-state index in [0.29, 0.717) is 17.2 Å². The van der Waals surface area contributed by atoms with Gasteiger partial charge in [-0.1, -0.05) is 32.6 Å². The summed E-state index contributed by atoms with van der Waals surface area (Å²) < 4.78 is 43.4. The Kier molecular flexibility index (Phi) is 6.29. The van der Waals surface area contributed by atoms with E-state index >= 15 is 0 Å². The molecule has 31 heavy (non-hydrogen) atoms. The van der Waals surface area contributed by atoms with Gasteiger partial charge < -0.3 is 10.1 Å². The highest BCUT2D eigenvalue weighted by Gasteiger charge is 2.31. The van der Waals surface area contributed by atoms with Crippen molar-refractivity contribution in [3.63, 3.8) is 0 Å². The lowest BCUT2D eigenvalue weighted by Crippen LogP contribution is -2.16. The van der Waals surface area contributed by atoms with Crippen molar-refractivity contribution in [2.45, 2.75) is 64.3 Å². The number of halogens is 3. The first kappa shape index (κ1) is 21.4. The fourth-order valence-electron chi connectivity index (χ4n) is 3.99.